The molecule has 0 aliphatic carbocycles. The van der Waals surface area contributed by atoms with Crippen LogP contribution in [0, 0.1) is 6.92 Å². The molecule has 1 aromatic rings. The summed E-state index contributed by atoms with van der Waals surface area (Å²) in [7, 11) is 2.04. The molecule has 0 unspecified atom stereocenters. The van der Waals surface area contributed by atoms with Crippen LogP contribution in [0.2, 0.25) is 0 Å². The molecule has 1 aromatic carbocycles. The Morgan fingerprint density at radius 3 is 2.35 bits per heavy atom. The van der Waals surface area contributed by atoms with Crippen molar-refractivity contribution < 1.29 is 8.42 Å². The van der Waals surface area contributed by atoms with Crippen molar-refractivity contribution >= 4 is 31.6 Å². The molecule has 0 aliphatic heterocycles. The fourth-order valence-corrected chi connectivity index (χ4v) is 3.75. The molecule has 2 N–H and O–H groups in total. The Kier molecular flexibility index (Phi) is 6.00. The molecule has 0 radical (unpaired) electrons. The van der Waals surface area contributed by atoms with E-state index in [1.165, 1.54) is 10.4 Å². The van der Waals surface area contributed by atoms with Gasteiger partial charge in [0.25, 0.3) is 0 Å². The number of nitrogen functional groups attached to an aromatic ring is 1. The minimum atomic E-state index is -3.49. The lowest BCUT2D eigenvalue weighted by Crippen LogP contribution is -2.30. The molecular formula is C13H22BrN3O2S. The molecule has 0 saturated heterocycles. The fraction of sp³-hybridized carbons (Fsp3) is 0.538. The maximum absolute atomic E-state index is 12.5. The number of hydrogen-bond donors (Lipinski definition) is 1. The second kappa shape index (κ2) is 6.89. The Bertz CT molecular complexity index is 573. The van der Waals surface area contributed by atoms with E-state index in [0.717, 1.165) is 13.0 Å². The lowest BCUT2D eigenvalue weighted by atomic mass is 10.2. The van der Waals surface area contributed by atoms with Gasteiger partial charge in [0.2, 0.25) is 10.0 Å². The molecule has 0 heterocycles. The Morgan fingerprint density at radius 1 is 1.20 bits per heavy atom. The SMILES string of the molecule is Cc1cc(Br)c(N)cc1S(=O)(=O)N(C)CCCN(C)C. The first-order valence-corrected chi connectivity index (χ1v) is 8.56. The van der Waals surface area contributed by atoms with Crippen molar-refractivity contribution in [3.8, 4) is 0 Å². The number of rotatable bonds is 6. The van der Waals surface area contributed by atoms with Crippen molar-refractivity contribution in [2.75, 3.05) is 40.0 Å². The molecule has 0 saturated carbocycles. The van der Waals surface area contributed by atoms with Crippen LogP contribution in [0.1, 0.15) is 12.0 Å². The van der Waals surface area contributed by atoms with Crippen LogP contribution >= 0.6 is 15.9 Å². The first-order chi connectivity index (χ1) is 9.16. The highest BCUT2D eigenvalue weighted by atomic mass is 79.9. The molecule has 1 rings (SSSR count). The standard InChI is InChI=1S/C13H22BrN3O2S/c1-10-8-11(14)12(15)9-13(10)20(18,19)17(4)7-5-6-16(2)3/h8-9H,5-7,15H2,1-4H3. The zero-order chi connectivity index (χ0) is 15.5. The molecule has 0 spiro atoms. The second-order valence-electron chi connectivity index (χ2n) is 5.12. The van der Waals surface area contributed by atoms with Gasteiger partial charge in [-0.05, 0) is 67.6 Å². The van der Waals surface area contributed by atoms with Crippen LogP contribution in [0.3, 0.4) is 0 Å². The molecule has 0 bridgehead atoms. The molecule has 0 aromatic heterocycles. The predicted octanol–water partition coefficient (Wildman–Crippen LogP) is 1.91. The van der Waals surface area contributed by atoms with Gasteiger partial charge in [-0.25, -0.2) is 12.7 Å². The molecule has 20 heavy (non-hydrogen) atoms. The normalized spacial score (nSPS) is 12.3. The summed E-state index contributed by atoms with van der Waals surface area (Å²) in [6.45, 7) is 3.10. The van der Waals surface area contributed by atoms with Crippen LogP contribution in [0.5, 0.6) is 0 Å². The van der Waals surface area contributed by atoms with Crippen LogP contribution in [0.15, 0.2) is 21.5 Å². The quantitative estimate of drug-likeness (QED) is 0.784. The summed E-state index contributed by atoms with van der Waals surface area (Å²) in [6, 6.07) is 3.24. The van der Waals surface area contributed by atoms with Gasteiger partial charge >= 0.3 is 0 Å². The van der Waals surface area contributed by atoms with E-state index in [2.05, 4.69) is 15.9 Å². The van der Waals surface area contributed by atoms with Gasteiger partial charge in [0.05, 0.1) is 4.90 Å². The maximum atomic E-state index is 12.5. The summed E-state index contributed by atoms with van der Waals surface area (Å²) in [4.78, 5) is 2.30. The maximum Gasteiger partial charge on any atom is 0.243 e. The average Bonchev–Trinajstić information content (AvgIpc) is 2.32. The number of nitrogens with two attached hydrogens (primary N) is 1. The summed E-state index contributed by atoms with van der Waals surface area (Å²) >= 11 is 3.30. The zero-order valence-corrected chi connectivity index (χ0v) is 14.8. The average molecular weight is 364 g/mol. The summed E-state index contributed by atoms with van der Waals surface area (Å²) in [5, 5.41) is 0. The van der Waals surface area contributed by atoms with Crippen molar-refractivity contribution in [3.63, 3.8) is 0 Å². The topological polar surface area (TPSA) is 66.6 Å². The van der Waals surface area contributed by atoms with Gasteiger partial charge in [0.1, 0.15) is 0 Å². The highest BCUT2D eigenvalue weighted by Gasteiger charge is 2.23. The molecule has 7 heteroatoms. The van der Waals surface area contributed by atoms with Crippen LogP contribution < -0.4 is 5.73 Å². The van der Waals surface area contributed by atoms with E-state index in [9.17, 15) is 8.42 Å². The molecule has 0 atom stereocenters. The number of halogens is 1. The van der Waals surface area contributed by atoms with E-state index < -0.39 is 10.0 Å². The van der Waals surface area contributed by atoms with E-state index in [-0.39, 0.29) is 4.90 Å². The minimum absolute atomic E-state index is 0.269. The molecule has 0 aliphatic rings. The highest BCUT2D eigenvalue weighted by Crippen LogP contribution is 2.28. The van der Waals surface area contributed by atoms with Gasteiger partial charge in [0.15, 0.2) is 0 Å². The number of anilines is 1. The Hall–Kier alpha value is -0.630. The largest absolute Gasteiger partial charge is 0.398 e. The summed E-state index contributed by atoms with van der Waals surface area (Å²) < 4.78 is 27.2. The lowest BCUT2D eigenvalue weighted by molar-refractivity contribution is 0.370. The fourth-order valence-electron chi connectivity index (χ4n) is 1.84. The monoisotopic (exact) mass is 363 g/mol. The number of benzene rings is 1. The zero-order valence-electron chi connectivity index (χ0n) is 12.4. The van der Waals surface area contributed by atoms with Crippen molar-refractivity contribution in [1.82, 2.24) is 9.21 Å². The molecule has 114 valence electrons. The Morgan fingerprint density at radius 2 is 1.80 bits per heavy atom. The van der Waals surface area contributed by atoms with Crippen LogP contribution in [-0.4, -0.2) is 51.9 Å². The first kappa shape index (κ1) is 17.4. The van der Waals surface area contributed by atoms with Gasteiger partial charge in [-0.3, -0.25) is 0 Å². The lowest BCUT2D eigenvalue weighted by Gasteiger charge is -2.20. The van der Waals surface area contributed by atoms with Gasteiger partial charge in [-0.1, -0.05) is 0 Å². The summed E-state index contributed by atoms with van der Waals surface area (Å²) in [5.41, 5.74) is 6.90. The third kappa shape index (κ3) is 4.18. The highest BCUT2D eigenvalue weighted by molar-refractivity contribution is 9.10. The van der Waals surface area contributed by atoms with E-state index in [1.807, 2.05) is 19.0 Å². The molecule has 5 nitrogen and oxygen atoms in total. The molecular weight excluding hydrogens is 342 g/mol. The number of aryl methyl sites for hydroxylation is 1. The van der Waals surface area contributed by atoms with Gasteiger partial charge in [-0.2, -0.15) is 0 Å². The van der Waals surface area contributed by atoms with Crippen molar-refractivity contribution in [2.45, 2.75) is 18.2 Å². The Labute approximate surface area is 129 Å². The van der Waals surface area contributed by atoms with Crippen LogP contribution in [0.4, 0.5) is 5.69 Å². The second-order valence-corrected chi connectivity index (χ2v) is 7.99. The summed E-state index contributed by atoms with van der Waals surface area (Å²) in [6.07, 6.45) is 0.786. The van der Waals surface area contributed by atoms with E-state index in [4.69, 9.17) is 5.73 Å². The minimum Gasteiger partial charge on any atom is -0.398 e. The van der Waals surface area contributed by atoms with Crippen LogP contribution in [0.25, 0.3) is 0 Å². The smallest absolute Gasteiger partial charge is 0.243 e. The molecule has 0 fully saturated rings. The van der Waals surface area contributed by atoms with E-state index in [1.54, 1.807) is 20.0 Å². The first-order valence-electron chi connectivity index (χ1n) is 6.33. The predicted molar refractivity (Wildman–Crippen MR) is 86.3 cm³/mol. The number of hydrogen-bond acceptors (Lipinski definition) is 4. The molecule has 0 amide bonds. The Balaban J connectivity index is 2.96. The van der Waals surface area contributed by atoms with E-state index in [0.29, 0.717) is 22.3 Å². The van der Waals surface area contributed by atoms with Gasteiger partial charge < -0.3 is 10.6 Å². The third-order valence-corrected chi connectivity index (χ3v) is 5.75. The third-order valence-electron chi connectivity index (χ3n) is 3.06. The van der Waals surface area contributed by atoms with Crippen molar-refractivity contribution in [2.24, 2.45) is 0 Å². The van der Waals surface area contributed by atoms with Gasteiger partial charge in [-0.15, -0.1) is 0 Å². The van der Waals surface area contributed by atoms with Gasteiger partial charge in [0, 0.05) is 23.8 Å². The van der Waals surface area contributed by atoms with Crippen LogP contribution in [-0.2, 0) is 10.0 Å². The number of sulfonamides is 1. The van der Waals surface area contributed by atoms with E-state index >= 15 is 0 Å². The van der Waals surface area contributed by atoms with Crippen molar-refractivity contribution in [3.05, 3.63) is 22.2 Å². The summed E-state index contributed by atoms with van der Waals surface area (Å²) in [5.74, 6) is 0. The number of nitrogens with zero attached hydrogens (tertiary/aromatic N) is 2. The van der Waals surface area contributed by atoms with Crippen molar-refractivity contribution in [1.29, 1.82) is 0 Å².